The molecular weight excluding hydrogens is 336 g/mol. The van der Waals surface area contributed by atoms with E-state index in [1.165, 1.54) is 0 Å². The Hall–Kier alpha value is -2.54. The molecule has 3 N–H and O–H groups in total. The zero-order valence-corrected chi connectivity index (χ0v) is 15.3. The van der Waals surface area contributed by atoms with E-state index in [0.29, 0.717) is 17.0 Å². The van der Waals surface area contributed by atoms with Crippen molar-refractivity contribution in [1.29, 1.82) is 0 Å². The lowest BCUT2D eigenvalue weighted by Crippen LogP contribution is -2.50. The lowest BCUT2D eigenvalue weighted by molar-refractivity contribution is -0.163. The number of carbonyl (C=O) groups is 1. The molecule has 7 heteroatoms. The minimum absolute atomic E-state index is 0.158. The Kier molecular flexibility index (Phi) is 4.66. The number of ether oxygens (including phenoxy) is 2. The highest BCUT2D eigenvalue weighted by molar-refractivity contribution is 5.77. The van der Waals surface area contributed by atoms with E-state index in [1.54, 1.807) is 52.1 Å². The lowest BCUT2D eigenvalue weighted by atomic mass is 9.66. The van der Waals surface area contributed by atoms with Crippen molar-refractivity contribution in [1.82, 2.24) is 10.2 Å². The summed E-state index contributed by atoms with van der Waals surface area (Å²) in [6.45, 7) is 5.11. The second kappa shape index (κ2) is 6.64. The van der Waals surface area contributed by atoms with Gasteiger partial charge in [0.05, 0.1) is 24.7 Å². The van der Waals surface area contributed by atoms with E-state index < -0.39 is 23.4 Å². The molecule has 3 atom stereocenters. The van der Waals surface area contributed by atoms with Gasteiger partial charge in [0.1, 0.15) is 5.75 Å². The number of carbonyl (C=O) groups excluding carboxylic acids is 1. The number of H-pyrrole nitrogens is 2. The summed E-state index contributed by atoms with van der Waals surface area (Å²) in [5, 5.41) is 16.4. The van der Waals surface area contributed by atoms with Crippen LogP contribution < -0.4 is 10.3 Å². The third-order valence-electron chi connectivity index (χ3n) is 4.83. The van der Waals surface area contributed by atoms with Crippen LogP contribution in [0.15, 0.2) is 29.1 Å². The second-order valence-corrected chi connectivity index (χ2v) is 7.22. The quantitative estimate of drug-likeness (QED) is 0.720. The Morgan fingerprint density at radius 1 is 1.27 bits per heavy atom. The van der Waals surface area contributed by atoms with Crippen molar-refractivity contribution in [2.75, 3.05) is 7.11 Å². The van der Waals surface area contributed by atoms with Gasteiger partial charge in [0.15, 0.2) is 0 Å². The molecule has 2 aromatic rings. The Balaban J connectivity index is 2.16. The molecule has 0 unspecified atom stereocenters. The molecular formula is C19H24N2O5. The number of hydrogen-bond acceptors (Lipinski definition) is 5. The van der Waals surface area contributed by atoms with Crippen LogP contribution in [0.25, 0.3) is 0 Å². The molecule has 0 bridgehead atoms. The fraction of sp³-hybridized carbons (Fsp3) is 0.474. The van der Waals surface area contributed by atoms with Crippen LogP contribution in [0.5, 0.6) is 5.75 Å². The molecule has 0 radical (unpaired) electrons. The van der Waals surface area contributed by atoms with Crippen LogP contribution in [0.2, 0.25) is 0 Å². The number of aliphatic hydroxyl groups is 1. The molecule has 1 aromatic carbocycles. The van der Waals surface area contributed by atoms with Crippen LogP contribution >= 0.6 is 0 Å². The smallest absolute Gasteiger partial charge is 0.313 e. The summed E-state index contributed by atoms with van der Waals surface area (Å²) >= 11 is 0. The summed E-state index contributed by atoms with van der Waals surface area (Å²) < 4.78 is 10.6. The first-order valence-corrected chi connectivity index (χ1v) is 8.61. The van der Waals surface area contributed by atoms with Gasteiger partial charge in [0.25, 0.3) is 5.56 Å². The Labute approximate surface area is 151 Å². The van der Waals surface area contributed by atoms with Gasteiger partial charge >= 0.3 is 5.97 Å². The molecule has 1 aromatic heterocycles. The predicted octanol–water partition coefficient (Wildman–Crippen LogP) is 1.72. The lowest BCUT2D eigenvalue weighted by Gasteiger charge is -2.40. The normalized spacial score (nSPS) is 25.0. The SMILES string of the molecule is COc1ccc([C@H]2c3c([nH][nH]c3=O)C[C@@](C)(O)[C@H]2C(=O)OC(C)C)cc1. The summed E-state index contributed by atoms with van der Waals surface area (Å²) in [5.74, 6) is -1.37. The second-order valence-electron chi connectivity index (χ2n) is 7.22. The van der Waals surface area contributed by atoms with E-state index in [-0.39, 0.29) is 18.1 Å². The third kappa shape index (κ3) is 3.14. The fourth-order valence-corrected chi connectivity index (χ4v) is 3.73. The number of aromatic amines is 2. The first kappa shape index (κ1) is 18.3. The van der Waals surface area contributed by atoms with Gasteiger partial charge in [-0.3, -0.25) is 14.7 Å². The van der Waals surface area contributed by atoms with E-state index >= 15 is 0 Å². The van der Waals surface area contributed by atoms with Crippen molar-refractivity contribution in [3.8, 4) is 5.75 Å². The molecule has 1 aliphatic carbocycles. The largest absolute Gasteiger partial charge is 0.497 e. The van der Waals surface area contributed by atoms with Gasteiger partial charge < -0.3 is 19.7 Å². The van der Waals surface area contributed by atoms with Gasteiger partial charge in [-0.05, 0) is 38.5 Å². The average molecular weight is 360 g/mol. The monoisotopic (exact) mass is 360 g/mol. The number of methoxy groups -OCH3 is 1. The molecule has 0 aliphatic heterocycles. The molecule has 3 rings (SSSR count). The Bertz CT molecular complexity index is 848. The highest BCUT2D eigenvalue weighted by Crippen LogP contribution is 2.44. The molecule has 0 spiro atoms. The van der Waals surface area contributed by atoms with E-state index in [0.717, 1.165) is 5.56 Å². The number of rotatable bonds is 4. The Morgan fingerprint density at radius 3 is 2.50 bits per heavy atom. The molecule has 140 valence electrons. The maximum Gasteiger partial charge on any atom is 0.313 e. The Morgan fingerprint density at radius 2 is 1.92 bits per heavy atom. The van der Waals surface area contributed by atoms with E-state index in [4.69, 9.17) is 9.47 Å². The summed E-state index contributed by atoms with van der Waals surface area (Å²) in [7, 11) is 1.57. The molecule has 1 heterocycles. The van der Waals surface area contributed by atoms with E-state index in [1.807, 2.05) is 0 Å². The van der Waals surface area contributed by atoms with Crippen LogP contribution in [-0.2, 0) is 16.0 Å². The molecule has 26 heavy (non-hydrogen) atoms. The van der Waals surface area contributed by atoms with Crippen LogP contribution in [0.1, 0.15) is 43.5 Å². The van der Waals surface area contributed by atoms with Crippen LogP contribution in [0.4, 0.5) is 0 Å². The maximum atomic E-state index is 12.8. The number of hydrogen-bond donors (Lipinski definition) is 3. The van der Waals surface area contributed by atoms with E-state index in [9.17, 15) is 14.7 Å². The standard InChI is InChI=1S/C19H24N2O5/c1-10(2)26-18(23)16-14(11-5-7-12(25-4)8-6-11)15-13(9-19(16,3)24)20-21-17(15)22/h5-8,10,14,16,24H,9H2,1-4H3,(H2,20,21,22)/t14-,16+,19+/m0/s1. The van der Waals surface area contributed by atoms with Crippen LogP contribution in [0, 0.1) is 5.92 Å². The van der Waals surface area contributed by atoms with Crippen LogP contribution in [-0.4, -0.2) is 40.1 Å². The molecule has 0 saturated carbocycles. The zero-order valence-electron chi connectivity index (χ0n) is 15.3. The van der Waals surface area contributed by atoms with Crippen molar-refractivity contribution in [3.05, 3.63) is 51.4 Å². The summed E-state index contributed by atoms with van der Waals surface area (Å²) in [6, 6.07) is 7.14. The third-order valence-corrected chi connectivity index (χ3v) is 4.83. The van der Waals surface area contributed by atoms with Crippen LogP contribution in [0.3, 0.4) is 0 Å². The fourth-order valence-electron chi connectivity index (χ4n) is 3.73. The molecule has 7 nitrogen and oxygen atoms in total. The number of nitrogens with one attached hydrogen (secondary N) is 2. The summed E-state index contributed by atoms with van der Waals surface area (Å²) in [6.07, 6.45) is -0.160. The van der Waals surface area contributed by atoms with Crippen molar-refractivity contribution in [2.45, 2.75) is 44.8 Å². The number of benzene rings is 1. The predicted molar refractivity (Wildman–Crippen MR) is 95.3 cm³/mol. The first-order chi connectivity index (χ1) is 12.2. The summed E-state index contributed by atoms with van der Waals surface area (Å²) in [4.78, 5) is 25.3. The van der Waals surface area contributed by atoms with E-state index in [2.05, 4.69) is 10.2 Å². The van der Waals surface area contributed by atoms with Gasteiger partial charge in [-0.2, -0.15) is 0 Å². The van der Waals surface area contributed by atoms with Gasteiger partial charge in [-0.25, -0.2) is 0 Å². The van der Waals surface area contributed by atoms with Gasteiger partial charge in [-0.1, -0.05) is 12.1 Å². The number of fused-ring (bicyclic) bond motifs is 1. The topological polar surface area (TPSA) is 104 Å². The van der Waals surface area contributed by atoms with Crippen molar-refractivity contribution in [2.24, 2.45) is 5.92 Å². The number of aromatic nitrogens is 2. The summed E-state index contributed by atoms with van der Waals surface area (Å²) in [5.41, 5.74) is 0.151. The van der Waals surface area contributed by atoms with Gasteiger partial charge in [0.2, 0.25) is 0 Å². The minimum Gasteiger partial charge on any atom is -0.497 e. The van der Waals surface area contributed by atoms with Crippen molar-refractivity contribution in [3.63, 3.8) is 0 Å². The average Bonchev–Trinajstić information content (AvgIpc) is 2.92. The maximum absolute atomic E-state index is 12.8. The molecule has 0 saturated heterocycles. The highest BCUT2D eigenvalue weighted by Gasteiger charge is 2.51. The first-order valence-electron chi connectivity index (χ1n) is 8.61. The van der Waals surface area contributed by atoms with Crippen molar-refractivity contribution >= 4 is 5.97 Å². The minimum atomic E-state index is -1.37. The molecule has 0 amide bonds. The zero-order chi connectivity index (χ0) is 19.1. The molecule has 1 aliphatic rings. The molecule has 0 fully saturated rings. The van der Waals surface area contributed by atoms with Crippen molar-refractivity contribution < 1.29 is 19.4 Å². The highest BCUT2D eigenvalue weighted by atomic mass is 16.5. The number of esters is 1. The van der Waals surface area contributed by atoms with Gasteiger partial charge in [-0.15, -0.1) is 0 Å². The van der Waals surface area contributed by atoms with Gasteiger partial charge in [0, 0.05) is 23.6 Å².